The van der Waals surface area contributed by atoms with Gasteiger partial charge in [0, 0.05) is 24.4 Å². The Hall–Kier alpha value is -4.00. The van der Waals surface area contributed by atoms with Gasteiger partial charge in [0.1, 0.15) is 12.1 Å². The summed E-state index contributed by atoms with van der Waals surface area (Å²) >= 11 is 0. The van der Waals surface area contributed by atoms with E-state index in [1.165, 1.54) is 11.9 Å². The van der Waals surface area contributed by atoms with E-state index in [1.54, 1.807) is 13.1 Å². The second kappa shape index (κ2) is 9.65. The maximum atomic E-state index is 12.5. The van der Waals surface area contributed by atoms with E-state index in [0.717, 1.165) is 33.6 Å². The van der Waals surface area contributed by atoms with Crippen LogP contribution in [0.3, 0.4) is 0 Å². The second-order valence-corrected chi connectivity index (χ2v) is 8.04. The van der Waals surface area contributed by atoms with Crippen molar-refractivity contribution in [2.45, 2.75) is 40.3 Å². The van der Waals surface area contributed by atoms with Gasteiger partial charge in [-0.3, -0.25) is 4.79 Å². The first kappa shape index (κ1) is 22.2. The minimum Gasteiger partial charge on any atom is -0.481 e. The zero-order valence-corrected chi connectivity index (χ0v) is 19.1. The van der Waals surface area contributed by atoms with Gasteiger partial charge in [-0.25, -0.2) is 9.97 Å². The molecule has 2 aromatic heterocycles. The Kier molecular flexibility index (Phi) is 6.49. The Morgan fingerprint density at radius 3 is 2.55 bits per heavy atom. The van der Waals surface area contributed by atoms with Crippen LogP contribution in [0.4, 0.5) is 0 Å². The van der Waals surface area contributed by atoms with E-state index < -0.39 is 6.10 Å². The van der Waals surface area contributed by atoms with Crippen LogP contribution in [0, 0.1) is 20.8 Å². The molecule has 4 rings (SSSR count). The third-order valence-corrected chi connectivity index (χ3v) is 5.46. The first-order chi connectivity index (χ1) is 15.9. The summed E-state index contributed by atoms with van der Waals surface area (Å²) in [5.41, 5.74) is 6.53. The number of carbonyl (C=O) groups excluding carboxylic acids is 1. The summed E-state index contributed by atoms with van der Waals surface area (Å²) in [6, 6.07) is 15.5. The van der Waals surface area contributed by atoms with E-state index >= 15 is 0 Å². The smallest absolute Gasteiger partial charge is 0.261 e. The molecule has 4 aromatic rings. The summed E-state index contributed by atoms with van der Waals surface area (Å²) in [7, 11) is 0. The molecule has 0 saturated heterocycles. The number of benzene rings is 2. The molecule has 0 aliphatic heterocycles. The molecule has 0 unspecified atom stereocenters. The second-order valence-electron chi connectivity index (χ2n) is 8.04. The van der Waals surface area contributed by atoms with Crippen molar-refractivity contribution >= 4 is 5.91 Å². The first-order valence-electron chi connectivity index (χ1n) is 10.8. The number of amides is 1. The van der Waals surface area contributed by atoms with Crippen molar-refractivity contribution < 1.29 is 14.1 Å². The molecule has 0 aliphatic rings. The van der Waals surface area contributed by atoms with Crippen LogP contribution in [0.25, 0.3) is 22.6 Å². The van der Waals surface area contributed by atoms with Crippen LogP contribution in [0.2, 0.25) is 0 Å². The average Bonchev–Trinajstić information content (AvgIpc) is 3.26. The summed E-state index contributed by atoms with van der Waals surface area (Å²) in [5.74, 6) is 1.14. The monoisotopic (exact) mass is 442 g/mol. The number of hydrogen-bond acceptors (Lipinski definition) is 6. The van der Waals surface area contributed by atoms with Crippen LogP contribution in [0.15, 0.2) is 65.6 Å². The van der Waals surface area contributed by atoms with Crippen molar-refractivity contribution in [2.75, 3.05) is 0 Å². The number of aromatic nitrogens is 3. The van der Waals surface area contributed by atoms with Gasteiger partial charge in [0.05, 0.1) is 17.0 Å². The van der Waals surface area contributed by atoms with E-state index in [1.807, 2.05) is 69.3 Å². The number of ether oxygens (including phenoxy) is 1. The topological polar surface area (TPSA) is 90.1 Å². The van der Waals surface area contributed by atoms with E-state index in [4.69, 9.17) is 9.26 Å². The largest absolute Gasteiger partial charge is 0.481 e. The molecule has 0 bridgehead atoms. The highest BCUT2D eigenvalue weighted by atomic mass is 16.5. The molecule has 0 radical (unpaired) electrons. The van der Waals surface area contributed by atoms with Gasteiger partial charge in [0.15, 0.2) is 11.9 Å². The minimum atomic E-state index is -0.597. The fourth-order valence-corrected chi connectivity index (χ4v) is 3.39. The molecule has 2 heterocycles. The Balaban J connectivity index is 1.39. The quantitative estimate of drug-likeness (QED) is 0.442. The van der Waals surface area contributed by atoms with Gasteiger partial charge in [-0.1, -0.05) is 35.5 Å². The number of rotatable bonds is 7. The van der Waals surface area contributed by atoms with E-state index in [2.05, 4.69) is 20.4 Å². The summed E-state index contributed by atoms with van der Waals surface area (Å²) in [4.78, 5) is 21.0. The highest BCUT2D eigenvalue weighted by Gasteiger charge is 2.16. The van der Waals surface area contributed by atoms with Crippen molar-refractivity contribution in [2.24, 2.45) is 0 Å². The summed E-state index contributed by atoms with van der Waals surface area (Å²) in [6.45, 7) is 8.08. The molecule has 7 nitrogen and oxygen atoms in total. The molecule has 2 aromatic carbocycles. The van der Waals surface area contributed by atoms with Gasteiger partial charge < -0.3 is 14.6 Å². The molecule has 1 atom stereocenters. The van der Waals surface area contributed by atoms with Gasteiger partial charge in [-0.2, -0.15) is 0 Å². The lowest BCUT2D eigenvalue weighted by atomic mass is 10.0. The molecule has 168 valence electrons. The zero-order chi connectivity index (χ0) is 23.4. The molecular weight excluding hydrogens is 416 g/mol. The third kappa shape index (κ3) is 5.26. The van der Waals surface area contributed by atoms with Crippen LogP contribution < -0.4 is 10.1 Å². The van der Waals surface area contributed by atoms with E-state index in [-0.39, 0.29) is 5.91 Å². The average molecular weight is 443 g/mol. The van der Waals surface area contributed by atoms with Gasteiger partial charge >= 0.3 is 0 Å². The first-order valence-corrected chi connectivity index (χ1v) is 10.8. The predicted octanol–water partition coefficient (Wildman–Crippen LogP) is 4.81. The molecule has 7 heteroatoms. The van der Waals surface area contributed by atoms with E-state index in [9.17, 15) is 4.79 Å². The molecule has 0 spiro atoms. The van der Waals surface area contributed by atoms with Gasteiger partial charge in [-0.05, 0) is 56.5 Å². The highest BCUT2D eigenvalue weighted by molar-refractivity contribution is 5.81. The Bertz CT molecular complexity index is 1260. The summed E-state index contributed by atoms with van der Waals surface area (Å²) in [6.07, 6.45) is 2.63. The van der Waals surface area contributed by atoms with Crippen molar-refractivity contribution in [1.29, 1.82) is 0 Å². The Morgan fingerprint density at radius 1 is 1.06 bits per heavy atom. The van der Waals surface area contributed by atoms with Gasteiger partial charge in [0.25, 0.3) is 5.91 Å². The lowest BCUT2D eigenvalue weighted by Gasteiger charge is -2.16. The number of carbonyl (C=O) groups is 1. The minimum absolute atomic E-state index is 0.170. The molecule has 0 fully saturated rings. The van der Waals surface area contributed by atoms with E-state index in [0.29, 0.717) is 18.1 Å². The fraction of sp³-hybridized carbons (Fsp3) is 0.231. The SMILES string of the molecule is Cc1cc(-c2cncnc2-c2ccc(CNC(=O)[C@H](C)Oc3ccc(C)c(C)c3)cc2)on1. The van der Waals surface area contributed by atoms with Crippen LogP contribution in [0.5, 0.6) is 5.75 Å². The van der Waals surface area contributed by atoms with Crippen LogP contribution in [-0.2, 0) is 11.3 Å². The summed E-state index contributed by atoms with van der Waals surface area (Å²) in [5, 5.41) is 6.88. The fourth-order valence-electron chi connectivity index (χ4n) is 3.39. The van der Waals surface area contributed by atoms with Crippen molar-refractivity contribution in [3.63, 3.8) is 0 Å². The standard InChI is InChI=1S/C26H26N4O3/c1-16-5-10-22(11-17(16)2)32-19(4)26(31)28-13-20-6-8-21(9-7-20)25-23(14-27-15-29-25)24-12-18(3)30-33-24/h5-12,14-15,19H,13H2,1-4H3,(H,28,31)/t19-/m0/s1. The van der Waals surface area contributed by atoms with Crippen LogP contribution in [-0.4, -0.2) is 27.1 Å². The van der Waals surface area contributed by atoms with Crippen LogP contribution >= 0.6 is 0 Å². The highest BCUT2D eigenvalue weighted by Crippen LogP contribution is 2.30. The van der Waals surface area contributed by atoms with Gasteiger partial charge in [-0.15, -0.1) is 0 Å². The normalized spacial score (nSPS) is 11.8. The van der Waals surface area contributed by atoms with Crippen molar-refractivity contribution in [1.82, 2.24) is 20.4 Å². The molecule has 1 N–H and O–H groups in total. The van der Waals surface area contributed by atoms with Crippen molar-refractivity contribution in [3.05, 3.63) is 83.4 Å². The Morgan fingerprint density at radius 2 is 1.85 bits per heavy atom. The predicted molar refractivity (Wildman–Crippen MR) is 126 cm³/mol. The lowest BCUT2D eigenvalue weighted by molar-refractivity contribution is -0.127. The maximum absolute atomic E-state index is 12.5. The Labute approximate surface area is 192 Å². The molecule has 0 aliphatic carbocycles. The number of nitrogens with one attached hydrogen (secondary N) is 1. The van der Waals surface area contributed by atoms with Gasteiger partial charge in [0.2, 0.25) is 0 Å². The molecular formula is C26H26N4O3. The lowest BCUT2D eigenvalue weighted by Crippen LogP contribution is -2.35. The number of nitrogens with zero attached hydrogens (tertiary/aromatic N) is 3. The molecule has 0 saturated carbocycles. The van der Waals surface area contributed by atoms with Crippen molar-refractivity contribution in [3.8, 4) is 28.3 Å². The van der Waals surface area contributed by atoms with Crippen LogP contribution in [0.1, 0.15) is 29.3 Å². The maximum Gasteiger partial charge on any atom is 0.261 e. The molecule has 33 heavy (non-hydrogen) atoms. The summed E-state index contributed by atoms with van der Waals surface area (Å²) < 4.78 is 11.2. The number of aryl methyl sites for hydroxylation is 3. The molecule has 1 amide bonds. The zero-order valence-electron chi connectivity index (χ0n) is 19.1. The third-order valence-electron chi connectivity index (χ3n) is 5.46. The number of hydrogen-bond donors (Lipinski definition) is 1.